The third-order valence-electron chi connectivity index (χ3n) is 3.19. The van der Waals surface area contributed by atoms with Crippen LogP contribution in [0.5, 0.6) is 5.75 Å². The second kappa shape index (κ2) is 6.78. The van der Waals surface area contributed by atoms with Crippen molar-refractivity contribution in [2.45, 2.75) is 18.7 Å². The zero-order valence-electron chi connectivity index (χ0n) is 12.8. The minimum Gasteiger partial charge on any atom is -0.435 e. The van der Waals surface area contributed by atoms with Crippen molar-refractivity contribution in [2.75, 3.05) is 5.73 Å². The Labute approximate surface area is 145 Å². The number of rotatable bonds is 4. The Morgan fingerprint density at radius 3 is 2.30 bits per heavy atom. The Morgan fingerprint density at radius 1 is 1.19 bits per heavy atom. The fraction of sp³-hybridized carbons (Fsp3) is 0.214. The van der Waals surface area contributed by atoms with E-state index >= 15 is 0 Å². The van der Waals surface area contributed by atoms with Gasteiger partial charge in [-0.25, -0.2) is 4.98 Å². The van der Waals surface area contributed by atoms with Gasteiger partial charge >= 0.3 is 18.7 Å². The van der Waals surface area contributed by atoms with Gasteiger partial charge in [0.2, 0.25) is 0 Å². The molecule has 27 heavy (non-hydrogen) atoms. The number of nitrogens with zero attached hydrogens (tertiary/aromatic N) is 3. The summed E-state index contributed by atoms with van der Waals surface area (Å²) in [5.41, 5.74) is 0.930. The van der Waals surface area contributed by atoms with Crippen LogP contribution in [0.1, 0.15) is 11.3 Å². The highest BCUT2D eigenvalue weighted by atomic mass is 19.4. The lowest BCUT2D eigenvalue weighted by Gasteiger charge is -2.19. The maximum atomic E-state index is 13.3. The zero-order chi connectivity index (χ0) is 20.6. The second-order valence-electron chi connectivity index (χ2n) is 4.95. The SMILES string of the molecule is N#Cc1cc(OC(F)F)cc(N)c1-n1cnc(C(F)(F)C(F)(F)F)cc1=O. The molecule has 144 valence electrons. The zero-order valence-corrected chi connectivity index (χ0v) is 12.8. The molecule has 0 spiro atoms. The molecule has 0 amide bonds. The van der Waals surface area contributed by atoms with Gasteiger partial charge in [0, 0.05) is 18.2 Å². The number of ether oxygens (including phenoxy) is 1. The number of nitrogens with two attached hydrogens (primary N) is 1. The van der Waals surface area contributed by atoms with E-state index in [1.54, 1.807) is 0 Å². The molecule has 2 rings (SSSR count). The Morgan fingerprint density at radius 2 is 1.81 bits per heavy atom. The van der Waals surface area contributed by atoms with Gasteiger partial charge in [0.1, 0.15) is 23.8 Å². The first-order valence-corrected chi connectivity index (χ1v) is 6.71. The monoisotopic (exact) mass is 396 g/mol. The van der Waals surface area contributed by atoms with E-state index in [1.807, 2.05) is 0 Å². The Kier molecular flexibility index (Phi) is 5.03. The molecule has 0 aliphatic carbocycles. The molecule has 0 aliphatic rings. The van der Waals surface area contributed by atoms with Gasteiger partial charge in [-0.1, -0.05) is 0 Å². The molecule has 2 aromatic rings. The summed E-state index contributed by atoms with van der Waals surface area (Å²) in [4.78, 5) is 14.9. The highest BCUT2D eigenvalue weighted by Gasteiger charge is 2.60. The van der Waals surface area contributed by atoms with Crippen molar-refractivity contribution >= 4 is 5.69 Å². The van der Waals surface area contributed by atoms with Crippen molar-refractivity contribution in [1.29, 1.82) is 5.26 Å². The minimum absolute atomic E-state index is 0.0718. The topological polar surface area (TPSA) is 93.9 Å². The summed E-state index contributed by atoms with van der Waals surface area (Å²) in [7, 11) is 0. The van der Waals surface area contributed by atoms with Crippen molar-refractivity contribution in [3.8, 4) is 17.5 Å². The lowest BCUT2D eigenvalue weighted by atomic mass is 10.1. The van der Waals surface area contributed by atoms with Gasteiger partial charge in [0.25, 0.3) is 5.56 Å². The van der Waals surface area contributed by atoms with Gasteiger partial charge in [-0.15, -0.1) is 0 Å². The molecule has 0 bridgehead atoms. The average Bonchev–Trinajstić information content (AvgIpc) is 2.53. The van der Waals surface area contributed by atoms with Crippen LogP contribution in [0.15, 0.2) is 29.3 Å². The lowest BCUT2D eigenvalue weighted by Crippen LogP contribution is -2.36. The van der Waals surface area contributed by atoms with Crippen LogP contribution >= 0.6 is 0 Å². The van der Waals surface area contributed by atoms with Crippen LogP contribution in [0.2, 0.25) is 0 Å². The van der Waals surface area contributed by atoms with Crippen LogP contribution < -0.4 is 16.0 Å². The minimum atomic E-state index is -5.98. The summed E-state index contributed by atoms with van der Waals surface area (Å²) in [6.45, 7) is -3.24. The molecule has 0 radical (unpaired) electrons. The third kappa shape index (κ3) is 3.78. The number of hydrogen-bond donors (Lipinski definition) is 1. The molecule has 0 saturated heterocycles. The number of hydrogen-bond acceptors (Lipinski definition) is 5. The van der Waals surface area contributed by atoms with Crippen LogP contribution in [-0.2, 0) is 5.92 Å². The highest BCUT2D eigenvalue weighted by molar-refractivity contribution is 5.68. The molecular formula is C14H7F7N4O2. The number of benzene rings is 1. The van der Waals surface area contributed by atoms with Crippen molar-refractivity contribution in [2.24, 2.45) is 0 Å². The standard InChI is InChI=1S/C14H7F7N4O2/c15-12(16)27-7-1-6(4-22)11(8(23)2-7)25-5-24-9(3-10(25)26)13(17,18)14(19,20)21/h1-3,5,12H,23H2. The number of alkyl halides is 7. The smallest absolute Gasteiger partial charge is 0.435 e. The fourth-order valence-corrected chi connectivity index (χ4v) is 2.04. The highest BCUT2D eigenvalue weighted by Crippen LogP contribution is 2.42. The first-order chi connectivity index (χ1) is 12.4. The largest absolute Gasteiger partial charge is 0.459 e. The van der Waals surface area contributed by atoms with Gasteiger partial charge in [-0.2, -0.15) is 36.0 Å². The molecule has 13 heteroatoms. The van der Waals surface area contributed by atoms with Crippen LogP contribution in [-0.4, -0.2) is 22.3 Å². The van der Waals surface area contributed by atoms with E-state index < -0.39 is 52.7 Å². The van der Waals surface area contributed by atoms with Crippen LogP contribution in [0, 0.1) is 11.3 Å². The molecule has 0 unspecified atom stereocenters. The fourth-order valence-electron chi connectivity index (χ4n) is 2.04. The quantitative estimate of drug-likeness (QED) is 0.634. The molecule has 0 fully saturated rings. The normalized spacial score (nSPS) is 12.1. The molecule has 1 aromatic heterocycles. The Bertz CT molecular complexity index is 963. The molecule has 0 aliphatic heterocycles. The number of halogens is 7. The third-order valence-corrected chi connectivity index (χ3v) is 3.19. The Balaban J connectivity index is 2.61. The molecular weight excluding hydrogens is 389 g/mol. The Hall–Kier alpha value is -3.30. The van der Waals surface area contributed by atoms with E-state index in [4.69, 9.17) is 11.0 Å². The number of nitriles is 1. The first-order valence-electron chi connectivity index (χ1n) is 6.71. The maximum absolute atomic E-state index is 13.3. The van der Waals surface area contributed by atoms with Crippen molar-refractivity contribution < 1.29 is 35.5 Å². The van der Waals surface area contributed by atoms with E-state index in [-0.39, 0.29) is 6.07 Å². The molecule has 0 saturated carbocycles. The van der Waals surface area contributed by atoms with Crippen molar-refractivity contribution in [3.63, 3.8) is 0 Å². The maximum Gasteiger partial charge on any atom is 0.459 e. The van der Waals surface area contributed by atoms with Gasteiger partial charge in [-0.3, -0.25) is 9.36 Å². The van der Waals surface area contributed by atoms with E-state index in [2.05, 4.69) is 9.72 Å². The van der Waals surface area contributed by atoms with Crippen LogP contribution in [0.4, 0.5) is 36.4 Å². The summed E-state index contributed by atoms with van der Waals surface area (Å²) in [5.74, 6) is -5.91. The molecule has 0 atom stereocenters. The van der Waals surface area contributed by atoms with Gasteiger partial charge < -0.3 is 10.5 Å². The van der Waals surface area contributed by atoms with Crippen molar-refractivity contribution in [3.05, 3.63) is 46.1 Å². The van der Waals surface area contributed by atoms with Gasteiger partial charge in [0.05, 0.1) is 16.9 Å². The molecule has 1 heterocycles. The lowest BCUT2D eigenvalue weighted by molar-refractivity contribution is -0.291. The average molecular weight is 396 g/mol. The van der Waals surface area contributed by atoms with Crippen molar-refractivity contribution in [1.82, 2.24) is 9.55 Å². The van der Waals surface area contributed by atoms with E-state index in [0.717, 1.165) is 12.1 Å². The van der Waals surface area contributed by atoms with Gasteiger partial charge in [0.15, 0.2) is 0 Å². The predicted octanol–water partition coefficient (Wildman–Crippen LogP) is 2.94. The molecule has 6 nitrogen and oxygen atoms in total. The number of anilines is 1. The van der Waals surface area contributed by atoms with Gasteiger partial charge in [-0.05, 0) is 0 Å². The summed E-state index contributed by atoms with van der Waals surface area (Å²) in [6.07, 6.45) is -5.67. The molecule has 1 aromatic carbocycles. The van der Waals surface area contributed by atoms with Crippen LogP contribution in [0.3, 0.4) is 0 Å². The second-order valence-corrected chi connectivity index (χ2v) is 4.95. The first kappa shape index (κ1) is 20.0. The van der Waals surface area contributed by atoms with E-state index in [0.29, 0.717) is 10.9 Å². The molecule has 2 N–H and O–H groups in total. The van der Waals surface area contributed by atoms with Crippen LogP contribution in [0.25, 0.3) is 5.69 Å². The summed E-state index contributed by atoms with van der Waals surface area (Å²) in [6, 6.07) is 3.05. The summed E-state index contributed by atoms with van der Waals surface area (Å²) >= 11 is 0. The summed E-state index contributed by atoms with van der Waals surface area (Å²) in [5, 5.41) is 9.09. The van der Waals surface area contributed by atoms with E-state index in [9.17, 15) is 35.5 Å². The summed E-state index contributed by atoms with van der Waals surface area (Å²) < 4.78 is 92.7. The number of nitrogen functional groups attached to an aromatic ring is 1. The number of aromatic nitrogens is 2. The predicted molar refractivity (Wildman–Crippen MR) is 75.5 cm³/mol. The van der Waals surface area contributed by atoms with E-state index in [1.165, 1.54) is 6.07 Å².